The van der Waals surface area contributed by atoms with Crippen molar-refractivity contribution in [2.45, 2.75) is 12.2 Å². The zero-order chi connectivity index (χ0) is 21.5. The van der Waals surface area contributed by atoms with E-state index in [2.05, 4.69) is 4.90 Å². The van der Waals surface area contributed by atoms with Crippen LogP contribution in [0.15, 0.2) is 83.5 Å². The van der Waals surface area contributed by atoms with Crippen LogP contribution in [-0.4, -0.2) is 66.2 Å². The van der Waals surface area contributed by atoms with Gasteiger partial charge in [0.05, 0.1) is 19.0 Å². The molecule has 1 aliphatic heterocycles. The third kappa shape index (κ3) is 5.61. The molecule has 1 fully saturated rings. The van der Waals surface area contributed by atoms with Crippen LogP contribution in [0.4, 0.5) is 0 Å². The molecule has 3 aromatic rings. The minimum Gasteiger partial charge on any atom is -0.459 e. The zero-order valence-electron chi connectivity index (χ0n) is 17.5. The van der Waals surface area contributed by atoms with Crippen LogP contribution >= 0.6 is 0 Å². The Labute approximate surface area is 182 Å². The molecule has 2 aromatic carbocycles. The smallest absolute Gasteiger partial charge is 0.289 e. The number of ether oxygens (including phenoxy) is 1. The van der Waals surface area contributed by atoms with E-state index in [4.69, 9.17) is 9.15 Å². The molecule has 1 N–H and O–H groups in total. The molecular formula is C25H28N2O4. The van der Waals surface area contributed by atoms with E-state index in [0.29, 0.717) is 38.5 Å². The van der Waals surface area contributed by atoms with Crippen LogP contribution in [0.3, 0.4) is 0 Å². The van der Waals surface area contributed by atoms with Gasteiger partial charge in [0.15, 0.2) is 5.76 Å². The van der Waals surface area contributed by atoms with Crippen LogP contribution < -0.4 is 0 Å². The maximum absolute atomic E-state index is 12.4. The van der Waals surface area contributed by atoms with Crippen molar-refractivity contribution in [3.63, 3.8) is 0 Å². The Balaban J connectivity index is 1.28. The Bertz CT molecular complexity index is 883. The summed E-state index contributed by atoms with van der Waals surface area (Å²) in [5.74, 6) is 0.289. The first-order chi connectivity index (χ1) is 15.2. The summed E-state index contributed by atoms with van der Waals surface area (Å²) in [5.41, 5.74) is 2.12. The molecule has 6 heteroatoms. The van der Waals surface area contributed by atoms with Crippen molar-refractivity contribution in [1.82, 2.24) is 9.80 Å². The molecule has 0 aliphatic carbocycles. The predicted octanol–water partition coefficient (Wildman–Crippen LogP) is 3.20. The van der Waals surface area contributed by atoms with Gasteiger partial charge < -0.3 is 19.2 Å². The normalized spacial score (nSPS) is 15.9. The van der Waals surface area contributed by atoms with Gasteiger partial charge >= 0.3 is 0 Å². The van der Waals surface area contributed by atoms with E-state index in [0.717, 1.165) is 11.1 Å². The number of carbonyl (C=O) groups excluding carboxylic acids is 1. The van der Waals surface area contributed by atoms with Gasteiger partial charge in [-0.1, -0.05) is 60.7 Å². The van der Waals surface area contributed by atoms with Crippen molar-refractivity contribution in [3.8, 4) is 0 Å². The van der Waals surface area contributed by atoms with Crippen LogP contribution in [0.5, 0.6) is 0 Å². The highest BCUT2D eigenvalue weighted by molar-refractivity contribution is 5.91. The maximum atomic E-state index is 12.4. The maximum Gasteiger partial charge on any atom is 0.289 e. The fourth-order valence-electron chi connectivity index (χ4n) is 3.89. The highest BCUT2D eigenvalue weighted by atomic mass is 16.5. The molecule has 1 atom stereocenters. The first kappa shape index (κ1) is 21.3. The standard InChI is InChI=1S/C25H28N2O4/c28-22(18-26-13-15-27(16-14-26)25(29)23-12-7-17-30-23)19-31-24(20-8-3-1-4-9-20)21-10-5-2-6-11-21/h1-12,17,22,24,28H,13-16,18-19H2/t22-/m1/s1. The van der Waals surface area contributed by atoms with Crippen molar-refractivity contribution < 1.29 is 19.1 Å². The highest BCUT2D eigenvalue weighted by Gasteiger charge is 2.25. The number of hydrogen-bond donors (Lipinski definition) is 1. The number of aliphatic hydroxyl groups is 1. The number of benzene rings is 2. The van der Waals surface area contributed by atoms with E-state index < -0.39 is 6.10 Å². The van der Waals surface area contributed by atoms with Crippen molar-refractivity contribution in [1.29, 1.82) is 0 Å². The van der Waals surface area contributed by atoms with E-state index >= 15 is 0 Å². The topological polar surface area (TPSA) is 66.2 Å². The molecule has 0 radical (unpaired) electrons. The van der Waals surface area contributed by atoms with Crippen LogP contribution in [-0.2, 0) is 4.74 Å². The third-order valence-electron chi connectivity index (χ3n) is 5.52. The number of β-amino-alcohol motifs (C(OH)–C–C–N with tert-alkyl or cyclic N) is 1. The molecule has 6 nitrogen and oxygen atoms in total. The monoisotopic (exact) mass is 420 g/mol. The lowest BCUT2D eigenvalue weighted by Gasteiger charge is -2.35. The minimum atomic E-state index is -0.609. The molecule has 31 heavy (non-hydrogen) atoms. The second kappa shape index (κ2) is 10.4. The van der Waals surface area contributed by atoms with Gasteiger partial charge in [-0.3, -0.25) is 9.69 Å². The van der Waals surface area contributed by atoms with Crippen LogP contribution in [0, 0.1) is 0 Å². The molecule has 0 saturated carbocycles. The third-order valence-corrected chi connectivity index (χ3v) is 5.52. The van der Waals surface area contributed by atoms with E-state index in [1.165, 1.54) is 6.26 Å². The Hall–Kier alpha value is -2.93. The van der Waals surface area contributed by atoms with Gasteiger partial charge in [-0.05, 0) is 23.3 Å². The molecule has 0 spiro atoms. The summed E-state index contributed by atoms with van der Waals surface area (Å²) < 4.78 is 11.4. The fourth-order valence-corrected chi connectivity index (χ4v) is 3.89. The van der Waals surface area contributed by atoms with Crippen molar-refractivity contribution in [3.05, 3.63) is 95.9 Å². The lowest BCUT2D eigenvalue weighted by atomic mass is 10.0. The van der Waals surface area contributed by atoms with Crippen molar-refractivity contribution >= 4 is 5.91 Å². The van der Waals surface area contributed by atoms with Crippen LogP contribution in [0.2, 0.25) is 0 Å². The van der Waals surface area contributed by atoms with Gasteiger partial charge in [0, 0.05) is 32.7 Å². The van der Waals surface area contributed by atoms with E-state index in [1.807, 2.05) is 60.7 Å². The van der Waals surface area contributed by atoms with Gasteiger partial charge in [0.1, 0.15) is 6.10 Å². The predicted molar refractivity (Wildman–Crippen MR) is 118 cm³/mol. The molecule has 1 saturated heterocycles. The largest absolute Gasteiger partial charge is 0.459 e. The Morgan fingerprint density at radius 1 is 0.903 bits per heavy atom. The summed E-state index contributed by atoms with van der Waals surface area (Å²) in [6.07, 6.45) is 0.680. The lowest BCUT2D eigenvalue weighted by Crippen LogP contribution is -2.50. The molecule has 0 bridgehead atoms. The number of piperazine rings is 1. The van der Waals surface area contributed by atoms with Crippen molar-refractivity contribution in [2.75, 3.05) is 39.3 Å². The molecule has 1 amide bonds. The van der Waals surface area contributed by atoms with E-state index in [9.17, 15) is 9.90 Å². The molecule has 162 valence electrons. The van der Waals surface area contributed by atoms with Gasteiger partial charge in [-0.2, -0.15) is 0 Å². The van der Waals surface area contributed by atoms with Crippen molar-refractivity contribution in [2.24, 2.45) is 0 Å². The second-order valence-corrected chi connectivity index (χ2v) is 7.76. The summed E-state index contributed by atoms with van der Waals surface area (Å²) in [6, 6.07) is 23.5. The second-order valence-electron chi connectivity index (χ2n) is 7.76. The summed E-state index contributed by atoms with van der Waals surface area (Å²) in [4.78, 5) is 16.3. The number of aliphatic hydroxyl groups excluding tert-OH is 1. The summed E-state index contributed by atoms with van der Waals surface area (Å²) in [7, 11) is 0. The van der Waals surface area contributed by atoms with Gasteiger partial charge in [0.25, 0.3) is 5.91 Å². The number of furan rings is 1. The summed E-state index contributed by atoms with van der Waals surface area (Å²) in [5, 5.41) is 10.6. The average Bonchev–Trinajstić information content (AvgIpc) is 3.36. The van der Waals surface area contributed by atoms with Gasteiger partial charge in [-0.25, -0.2) is 0 Å². The molecule has 2 heterocycles. The highest BCUT2D eigenvalue weighted by Crippen LogP contribution is 2.26. The first-order valence-corrected chi connectivity index (χ1v) is 10.7. The van der Waals surface area contributed by atoms with Crippen LogP contribution in [0.25, 0.3) is 0 Å². The number of rotatable bonds is 8. The number of hydrogen-bond acceptors (Lipinski definition) is 5. The SMILES string of the molecule is O=C(c1ccco1)N1CCN(C[C@@H](O)COC(c2ccccc2)c2ccccc2)CC1. The Morgan fingerprint density at radius 2 is 1.52 bits per heavy atom. The minimum absolute atomic E-state index is 0.0814. The average molecular weight is 421 g/mol. The molecule has 1 aromatic heterocycles. The molecule has 4 rings (SSSR count). The van der Waals surface area contributed by atoms with Gasteiger partial charge in [-0.15, -0.1) is 0 Å². The quantitative estimate of drug-likeness (QED) is 0.606. The number of nitrogens with zero attached hydrogens (tertiary/aromatic N) is 2. The Morgan fingerprint density at radius 3 is 2.06 bits per heavy atom. The Kier molecular flexibility index (Phi) is 7.14. The van der Waals surface area contributed by atoms with Crippen LogP contribution in [0.1, 0.15) is 27.8 Å². The fraction of sp³-hybridized carbons (Fsp3) is 0.320. The van der Waals surface area contributed by atoms with Gasteiger partial charge in [0.2, 0.25) is 0 Å². The molecule has 0 unspecified atom stereocenters. The first-order valence-electron chi connectivity index (χ1n) is 10.7. The number of amides is 1. The zero-order valence-corrected chi connectivity index (χ0v) is 17.5. The van der Waals surface area contributed by atoms with E-state index in [-0.39, 0.29) is 18.6 Å². The summed E-state index contributed by atoms with van der Waals surface area (Å²) in [6.45, 7) is 3.40. The lowest BCUT2D eigenvalue weighted by molar-refractivity contribution is -0.0138. The molecule has 1 aliphatic rings. The molecular weight excluding hydrogens is 392 g/mol. The summed E-state index contributed by atoms with van der Waals surface area (Å²) >= 11 is 0. The number of carbonyl (C=O) groups is 1. The van der Waals surface area contributed by atoms with E-state index in [1.54, 1.807) is 17.0 Å².